The van der Waals surface area contributed by atoms with Crippen LogP contribution in [0.1, 0.15) is 30.6 Å². The Hall–Kier alpha value is -2.28. The van der Waals surface area contributed by atoms with Gasteiger partial charge in [-0.15, -0.1) is 0 Å². The summed E-state index contributed by atoms with van der Waals surface area (Å²) >= 11 is 0. The molecule has 0 radical (unpaired) electrons. The molecule has 1 heterocycles. The fourth-order valence-corrected chi connectivity index (χ4v) is 1.88. The van der Waals surface area contributed by atoms with Crippen molar-refractivity contribution in [1.82, 2.24) is 9.78 Å². The summed E-state index contributed by atoms with van der Waals surface area (Å²) < 4.78 is 15.3. The van der Waals surface area contributed by atoms with Crippen molar-refractivity contribution in [3.8, 4) is 0 Å². The Morgan fingerprint density at radius 3 is 2.95 bits per heavy atom. The molecule has 0 aliphatic carbocycles. The lowest BCUT2D eigenvalue weighted by Crippen LogP contribution is -2.04. The Morgan fingerprint density at radius 1 is 1.55 bits per heavy atom. The second kappa shape index (κ2) is 5.79. The monoisotopic (exact) mass is 279 g/mol. The quantitative estimate of drug-likeness (QED) is 0.673. The number of halogens is 1. The topological polar surface area (TPSA) is 81.2 Å². The van der Waals surface area contributed by atoms with Gasteiger partial charge in [0.2, 0.25) is 5.82 Å². The van der Waals surface area contributed by atoms with E-state index >= 15 is 0 Å². The minimum absolute atomic E-state index is 0.0734. The van der Waals surface area contributed by atoms with Gasteiger partial charge < -0.3 is 5.11 Å². The molecule has 1 unspecified atom stereocenters. The minimum Gasteiger partial charge on any atom is -0.388 e. The highest BCUT2D eigenvalue weighted by Crippen LogP contribution is 2.21. The highest BCUT2D eigenvalue weighted by atomic mass is 19.1. The molecule has 1 N–H and O–H groups in total. The van der Waals surface area contributed by atoms with Crippen molar-refractivity contribution in [2.45, 2.75) is 26.0 Å². The number of nitrogens with zero attached hydrogens (tertiary/aromatic N) is 3. The van der Waals surface area contributed by atoms with Gasteiger partial charge in [-0.25, -0.2) is 0 Å². The van der Waals surface area contributed by atoms with E-state index in [-0.39, 0.29) is 12.1 Å². The Bertz CT molecular complexity index is 627. The summed E-state index contributed by atoms with van der Waals surface area (Å²) in [7, 11) is 0. The molecule has 20 heavy (non-hydrogen) atoms. The van der Waals surface area contributed by atoms with Gasteiger partial charge >= 0.3 is 5.69 Å². The molecule has 2 rings (SSSR count). The van der Waals surface area contributed by atoms with E-state index in [4.69, 9.17) is 0 Å². The maximum absolute atomic E-state index is 13.9. The number of rotatable bonds is 5. The summed E-state index contributed by atoms with van der Waals surface area (Å²) in [5.41, 5.74) is 0.265. The first-order valence-corrected chi connectivity index (χ1v) is 6.15. The van der Waals surface area contributed by atoms with E-state index in [1.54, 1.807) is 6.20 Å². The largest absolute Gasteiger partial charge is 0.388 e. The third kappa shape index (κ3) is 2.83. The average molecular weight is 279 g/mol. The van der Waals surface area contributed by atoms with E-state index in [0.29, 0.717) is 12.0 Å². The summed E-state index contributed by atoms with van der Waals surface area (Å²) in [6, 6.07) is 4.02. The zero-order chi connectivity index (χ0) is 14.7. The van der Waals surface area contributed by atoms with Crippen LogP contribution in [-0.2, 0) is 6.54 Å². The van der Waals surface area contributed by atoms with Crippen molar-refractivity contribution in [2.24, 2.45) is 0 Å². The molecule has 1 aromatic heterocycles. The molecule has 106 valence electrons. The molecule has 0 fully saturated rings. The standard InChI is InChI=1S/C13H14FN3O3/c1-2-12(18)10-6-15-16(8-10)7-9-4-3-5-11(13(9)14)17(19)20/h3-6,8,12,18H,2,7H2,1H3. The summed E-state index contributed by atoms with van der Waals surface area (Å²) in [4.78, 5) is 9.91. The number of aromatic nitrogens is 2. The first-order valence-electron chi connectivity index (χ1n) is 6.15. The lowest BCUT2D eigenvalue weighted by atomic mass is 10.1. The van der Waals surface area contributed by atoms with Crippen LogP contribution in [0, 0.1) is 15.9 Å². The van der Waals surface area contributed by atoms with E-state index in [2.05, 4.69) is 5.10 Å². The number of hydrogen-bond donors (Lipinski definition) is 1. The number of nitro benzene ring substituents is 1. The molecule has 0 amide bonds. The first kappa shape index (κ1) is 14.1. The second-order valence-electron chi connectivity index (χ2n) is 4.40. The van der Waals surface area contributed by atoms with Crippen LogP contribution in [0.15, 0.2) is 30.6 Å². The predicted molar refractivity (Wildman–Crippen MR) is 69.6 cm³/mol. The van der Waals surface area contributed by atoms with Crippen molar-refractivity contribution in [1.29, 1.82) is 0 Å². The molecule has 1 atom stereocenters. The van der Waals surface area contributed by atoms with E-state index in [9.17, 15) is 19.6 Å². The van der Waals surface area contributed by atoms with Gasteiger partial charge in [0, 0.05) is 23.4 Å². The third-order valence-electron chi connectivity index (χ3n) is 3.01. The van der Waals surface area contributed by atoms with Gasteiger partial charge in [0.15, 0.2) is 0 Å². The number of benzene rings is 1. The zero-order valence-corrected chi connectivity index (χ0v) is 10.9. The maximum atomic E-state index is 13.9. The van der Waals surface area contributed by atoms with Gasteiger partial charge in [0.05, 0.1) is 23.8 Å². The molecule has 2 aromatic rings. The van der Waals surface area contributed by atoms with Gasteiger partial charge in [-0.3, -0.25) is 14.8 Å². The van der Waals surface area contributed by atoms with Crippen LogP contribution in [0.3, 0.4) is 0 Å². The summed E-state index contributed by atoms with van der Waals surface area (Å²) in [6.07, 6.45) is 3.05. The molecule has 0 bridgehead atoms. The van der Waals surface area contributed by atoms with Crippen LogP contribution >= 0.6 is 0 Å². The van der Waals surface area contributed by atoms with Crippen LogP contribution in [0.2, 0.25) is 0 Å². The highest BCUT2D eigenvalue weighted by Gasteiger charge is 2.17. The van der Waals surface area contributed by atoms with E-state index in [1.807, 2.05) is 6.92 Å². The molecule has 6 nitrogen and oxygen atoms in total. The molecular formula is C13H14FN3O3. The average Bonchev–Trinajstić information content (AvgIpc) is 2.88. The lowest BCUT2D eigenvalue weighted by Gasteiger charge is -2.05. The van der Waals surface area contributed by atoms with Crippen molar-refractivity contribution in [2.75, 3.05) is 0 Å². The van der Waals surface area contributed by atoms with Crippen molar-refractivity contribution >= 4 is 5.69 Å². The lowest BCUT2D eigenvalue weighted by molar-refractivity contribution is -0.387. The number of nitro groups is 1. The van der Waals surface area contributed by atoms with Crippen molar-refractivity contribution in [3.63, 3.8) is 0 Å². The number of aliphatic hydroxyl groups is 1. The van der Waals surface area contributed by atoms with Crippen LogP contribution in [0.4, 0.5) is 10.1 Å². The van der Waals surface area contributed by atoms with Crippen LogP contribution in [-0.4, -0.2) is 19.8 Å². The summed E-state index contributed by atoms with van der Waals surface area (Å²) in [6.45, 7) is 1.91. The summed E-state index contributed by atoms with van der Waals surface area (Å²) in [5.74, 6) is -0.856. The maximum Gasteiger partial charge on any atom is 0.305 e. The highest BCUT2D eigenvalue weighted by molar-refractivity contribution is 5.36. The molecule has 1 aromatic carbocycles. The SMILES string of the molecule is CCC(O)c1cnn(Cc2cccc([N+](=O)[O-])c2F)c1. The van der Waals surface area contributed by atoms with E-state index < -0.39 is 22.5 Å². The fourth-order valence-electron chi connectivity index (χ4n) is 1.88. The zero-order valence-electron chi connectivity index (χ0n) is 10.9. The van der Waals surface area contributed by atoms with Crippen LogP contribution in [0.25, 0.3) is 0 Å². The van der Waals surface area contributed by atoms with Gasteiger partial charge in [0.25, 0.3) is 0 Å². The van der Waals surface area contributed by atoms with Crippen molar-refractivity contribution < 1.29 is 14.4 Å². The fraction of sp³-hybridized carbons (Fsp3) is 0.308. The predicted octanol–water partition coefficient (Wildman–Crippen LogP) is 2.42. The smallest absolute Gasteiger partial charge is 0.305 e. The van der Waals surface area contributed by atoms with Gasteiger partial charge in [-0.05, 0) is 6.42 Å². The molecule has 0 aliphatic heterocycles. The van der Waals surface area contributed by atoms with Gasteiger partial charge in [-0.2, -0.15) is 9.49 Å². The minimum atomic E-state index is -0.856. The third-order valence-corrected chi connectivity index (χ3v) is 3.01. The van der Waals surface area contributed by atoms with Crippen LogP contribution < -0.4 is 0 Å². The van der Waals surface area contributed by atoms with Gasteiger partial charge in [0.1, 0.15) is 0 Å². The first-order chi connectivity index (χ1) is 9.52. The molecule has 0 saturated heterocycles. The number of hydrogen-bond acceptors (Lipinski definition) is 4. The normalized spacial score (nSPS) is 12.3. The second-order valence-corrected chi connectivity index (χ2v) is 4.40. The van der Waals surface area contributed by atoms with Crippen LogP contribution in [0.5, 0.6) is 0 Å². The Kier molecular flexibility index (Phi) is 4.09. The Balaban J connectivity index is 2.24. The van der Waals surface area contributed by atoms with E-state index in [0.717, 1.165) is 6.07 Å². The molecule has 0 saturated carbocycles. The summed E-state index contributed by atoms with van der Waals surface area (Å²) in [5, 5.41) is 24.3. The Morgan fingerprint density at radius 2 is 2.30 bits per heavy atom. The van der Waals surface area contributed by atoms with Crippen molar-refractivity contribution in [3.05, 3.63) is 57.7 Å². The molecule has 0 spiro atoms. The van der Waals surface area contributed by atoms with E-state index in [1.165, 1.54) is 23.0 Å². The molecule has 0 aliphatic rings. The molecular weight excluding hydrogens is 265 g/mol. The van der Waals surface area contributed by atoms with Gasteiger partial charge in [-0.1, -0.05) is 19.1 Å². The number of aliphatic hydroxyl groups excluding tert-OH is 1. The molecule has 7 heteroatoms. The Labute approximate surface area is 114 Å².